The lowest BCUT2D eigenvalue weighted by Gasteiger charge is -2.30. The van der Waals surface area contributed by atoms with E-state index in [0.29, 0.717) is 17.7 Å². The van der Waals surface area contributed by atoms with E-state index in [1.807, 2.05) is 11.8 Å². The summed E-state index contributed by atoms with van der Waals surface area (Å²) < 4.78 is 5.42. The van der Waals surface area contributed by atoms with Crippen molar-refractivity contribution in [2.24, 2.45) is 5.92 Å². The van der Waals surface area contributed by atoms with Crippen LogP contribution < -0.4 is 5.32 Å². The van der Waals surface area contributed by atoms with Gasteiger partial charge in [-0.05, 0) is 49.0 Å². The number of hydrogen-bond donors (Lipinski definition) is 1. The molecular formula is C15H19N3OS. The predicted molar refractivity (Wildman–Crippen MR) is 80.9 cm³/mol. The fourth-order valence-corrected chi connectivity index (χ4v) is 2.93. The Bertz CT molecular complexity index is 563. The van der Waals surface area contributed by atoms with E-state index in [1.165, 1.54) is 4.90 Å². The van der Waals surface area contributed by atoms with E-state index >= 15 is 0 Å². The van der Waals surface area contributed by atoms with Crippen LogP contribution >= 0.6 is 11.8 Å². The van der Waals surface area contributed by atoms with Gasteiger partial charge in [0.15, 0.2) is 0 Å². The molecule has 1 aromatic carbocycles. The molecule has 20 heavy (non-hydrogen) atoms. The van der Waals surface area contributed by atoms with Crippen molar-refractivity contribution < 1.29 is 4.52 Å². The van der Waals surface area contributed by atoms with Gasteiger partial charge in [0.05, 0.1) is 0 Å². The first-order chi connectivity index (χ1) is 9.78. The molecule has 0 spiro atoms. The lowest BCUT2D eigenvalue weighted by Crippen LogP contribution is -2.44. The van der Waals surface area contributed by atoms with Crippen LogP contribution in [0.1, 0.15) is 25.7 Å². The Morgan fingerprint density at radius 3 is 2.70 bits per heavy atom. The highest BCUT2D eigenvalue weighted by Crippen LogP contribution is 2.28. The van der Waals surface area contributed by atoms with Crippen molar-refractivity contribution in [3.8, 4) is 11.4 Å². The molecule has 3 rings (SSSR count). The van der Waals surface area contributed by atoms with Crippen LogP contribution in [-0.4, -0.2) is 29.0 Å². The van der Waals surface area contributed by atoms with Gasteiger partial charge in [0.2, 0.25) is 11.7 Å². The molecule has 1 aliphatic rings. The van der Waals surface area contributed by atoms with Gasteiger partial charge in [-0.3, -0.25) is 0 Å². The van der Waals surface area contributed by atoms with Gasteiger partial charge in [-0.2, -0.15) is 4.98 Å². The van der Waals surface area contributed by atoms with Gasteiger partial charge >= 0.3 is 0 Å². The lowest BCUT2D eigenvalue weighted by atomic mass is 9.89. The molecule has 2 heterocycles. The minimum atomic E-state index is 0.326. The zero-order chi connectivity index (χ0) is 13.9. The van der Waals surface area contributed by atoms with E-state index in [-0.39, 0.29) is 0 Å². The van der Waals surface area contributed by atoms with Crippen LogP contribution in [0.3, 0.4) is 0 Å². The molecule has 0 bridgehead atoms. The van der Waals surface area contributed by atoms with Gasteiger partial charge < -0.3 is 9.84 Å². The molecule has 1 aliphatic heterocycles. The Morgan fingerprint density at radius 2 is 2.10 bits per heavy atom. The van der Waals surface area contributed by atoms with E-state index < -0.39 is 0 Å². The number of rotatable bonds is 5. The second-order valence-corrected chi connectivity index (χ2v) is 6.46. The van der Waals surface area contributed by atoms with Crippen molar-refractivity contribution in [2.75, 3.05) is 18.8 Å². The van der Waals surface area contributed by atoms with Crippen LogP contribution in [-0.2, 0) is 0 Å². The largest absolute Gasteiger partial charge is 0.339 e. The summed E-state index contributed by atoms with van der Waals surface area (Å²) in [5.74, 6) is 3.46. The fourth-order valence-electron chi connectivity index (χ4n) is 2.27. The predicted octanol–water partition coefficient (Wildman–Crippen LogP) is 3.17. The summed E-state index contributed by atoms with van der Waals surface area (Å²) in [5.41, 5.74) is 1.01. The number of hydrogen-bond acceptors (Lipinski definition) is 5. The van der Waals surface area contributed by atoms with Crippen molar-refractivity contribution in [1.29, 1.82) is 0 Å². The van der Waals surface area contributed by atoms with Crippen molar-refractivity contribution in [1.82, 2.24) is 15.5 Å². The van der Waals surface area contributed by atoms with Crippen LogP contribution in [0.2, 0.25) is 0 Å². The summed E-state index contributed by atoms with van der Waals surface area (Å²) in [5, 5.41) is 7.39. The minimum absolute atomic E-state index is 0.326. The summed E-state index contributed by atoms with van der Waals surface area (Å²) >= 11 is 1.83. The molecule has 5 heteroatoms. The highest BCUT2D eigenvalue weighted by atomic mass is 32.2. The molecule has 106 valence electrons. The number of nitrogens with one attached hydrogen (secondary N) is 1. The van der Waals surface area contributed by atoms with Gasteiger partial charge in [0, 0.05) is 16.4 Å². The second kappa shape index (κ2) is 5.97. The average molecular weight is 289 g/mol. The molecule has 0 amide bonds. The smallest absolute Gasteiger partial charge is 0.230 e. The van der Waals surface area contributed by atoms with E-state index in [9.17, 15) is 0 Å². The minimum Gasteiger partial charge on any atom is -0.339 e. The summed E-state index contributed by atoms with van der Waals surface area (Å²) in [4.78, 5) is 5.82. The molecule has 2 aromatic rings. The molecule has 1 saturated heterocycles. The van der Waals surface area contributed by atoms with E-state index in [4.69, 9.17) is 4.52 Å². The molecule has 4 nitrogen and oxygen atoms in total. The molecule has 0 radical (unpaired) electrons. The first-order valence-corrected chi connectivity index (χ1v) is 8.04. The highest BCUT2D eigenvalue weighted by molar-refractivity contribution is 7.99. The number of thioether (sulfide) groups is 1. The third kappa shape index (κ3) is 2.74. The molecule has 1 fully saturated rings. The summed E-state index contributed by atoms with van der Waals surface area (Å²) in [6.07, 6.45) is 0. The molecule has 1 unspecified atom stereocenters. The van der Waals surface area contributed by atoms with Crippen molar-refractivity contribution in [3.05, 3.63) is 30.2 Å². The maximum absolute atomic E-state index is 5.42. The van der Waals surface area contributed by atoms with E-state index in [1.54, 1.807) is 0 Å². The number of aromatic nitrogens is 2. The Hall–Kier alpha value is -1.33. The molecule has 1 N–H and O–H groups in total. The van der Waals surface area contributed by atoms with Gasteiger partial charge in [-0.15, -0.1) is 11.8 Å². The van der Waals surface area contributed by atoms with Crippen LogP contribution in [0.4, 0.5) is 0 Å². The van der Waals surface area contributed by atoms with Crippen LogP contribution in [0.5, 0.6) is 0 Å². The normalized spacial score (nSPS) is 16.9. The quantitative estimate of drug-likeness (QED) is 0.857. The van der Waals surface area contributed by atoms with Gasteiger partial charge in [-0.1, -0.05) is 19.0 Å². The Morgan fingerprint density at radius 1 is 1.35 bits per heavy atom. The van der Waals surface area contributed by atoms with Gasteiger partial charge in [-0.25, -0.2) is 0 Å². The Labute approximate surface area is 123 Å². The van der Waals surface area contributed by atoms with Crippen molar-refractivity contribution in [2.45, 2.75) is 24.7 Å². The first-order valence-electron chi connectivity index (χ1n) is 7.05. The van der Waals surface area contributed by atoms with Crippen LogP contribution in [0.15, 0.2) is 33.7 Å². The molecule has 1 aromatic heterocycles. The average Bonchev–Trinajstić information content (AvgIpc) is 2.87. The third-order valence-corrected chi connectivity index (χ3v) is 4.67. The monoisotopic (exact) mass is 289 g/mol. The zero-order valence-electron chi connectivity index (χ0n) is 11.8. The Kier molecular flexibility index (Phi) is 4.08. The Balaban J connectivity index is 1.75. The fraction of sp³-hybridized carbons (Fsp3) is 0.467. The highest BCUT2D eigenvalue weighted by Gasteiger charge is 2.28. The topological polar surface area (TPSA) is 51.0 Å². The van der Waals surface area contributed by atoms with Gasteiger partial charge in [0.1, 0.15) is 0 Å². The SMILES string of the molecule is CCSc1ccc(-c2noc(C(C)C3CNC3)n2)cc1. The number of nitrogens with zero attached hydrogens (tertiary/aromatic N) is 2. The third-order valence-electron chi connectivity index (χ3n) is 3.77. The lowest BCUT2D eigenvalue weighted by molar-refractivity contribution is 0.252. The summed E-state index contributed by atoms with van der Waals surface area (Å²) in [6, 6.07) is 8.34. The molecule has 1 atom stereocenters. The van der Waals surface area contributed by atoms with E-state index in [0.717, 1.165) is 30.3 Å². The molecular weight excluding hydrogens is 270 g/mol. The maximum atomic E-state index is 5.42. The standard InChI is InChI=1S/C15H19N3OS/c1-3-20-13-6-4-11(5-7-13)14-17-15(19-18-14)10(2)12-8-16-9-12/h4-7,10,12,16H,3,8-9H2,1-2H3. The first kappa shape index (κ1) is 13.6. The zero-order valence-corrected chi connectivity index (χ0v) is 12.6. The maximum Gasteiger partial charge on any atom is 0.230 e. The van der Waals surface area contributed by atoms with Gasteiger partial charge in [0.25, 0.3) is 0 Å². The molecule has 0 aliphatic carbocycles. The summed E-state index contributed by atoms with van der Waals surface area (Å²) in [6.45, 7) is 6.40. The van der Waals surface area contributed by atoms with Crippen LogP contribution in [0.25, 0.3) is 11.4 Å². The summed E-state index contributed by atoms with van der Waals surface area (Å²) in [7, 11) is 0. The second-order valence-electron chi connectivity index (χ2n) is 5.12. The van der Waals surface area contributed by atoms with Crippen molar-refractivity contribution in [3.63, 3.8) is 0 Å². The van der Waals surface area contributed by atoms with E-state index in [2.05, 4.69) is 53.6 Å². The van der Waals surface area contributed by atoms with Crippen LogP contribution in [0, 0.1) is 5.92 Å². The molecule has 0 saturated carbocycles. The van der Waals surface area contributed by atoms with Crippen molar-refractivity contribution >= 4 is 11.8 Å². The number of benzene rings is 1.